The third kappa shape index (κ3) is 8.49. The Morgan fingerprint density at radius 3 is 1.76 bits per heavy atom. The molecule has 0 unspecified atom stereocenters. The van der Waals surface area contributed by atoms with E-state index in [-0.39, 0.29) is 5.43 Å². The number of rotatable bonds is 18. The molecule has 0 atom stereocenters. The van der Waals surface area contributed by atoms with Crippen LogP contribution in [0.2, 0.25) is 0 Å². The van der Waals surface area contributed by atoms with Gasteiger partial charge in [-0.1, -0.05) is 121 Å². The van der Waals surface area contributed by atoms with Crippen LogP contribution < -0.4 is 10.2 Å². The lowest BCUT2D eigenvalue weighted by atomic mass is 10.0. The van der Waals surface area contributed by atoms with E-state index >= 15 is 0 Å². The summed E-state index contributed by atoms with van der Waals surface area (Å²) in [4.78, 5) is 16.2. The van der Waals surface area contributed by atoms with Crippen LogP contribution in [0.1, 0.15) is 110 Å². The van der Waals surface area contributed by atoms with Gasteiger partial charge in [-0.3, -0.25) is 4.79 Å². The largest absolute Gasteiger partial charge is 0.491 e. The summed E-state index contributed by atoms with van der Waals surface area (Å²) in [5.41, 5.74) is 1.73. The van der Waals surface area contributed by atoms with Crippen LogP contribution in [-0.2, 0) is 0 Å². The van der Waals surface area contributed by atoms with Gasteiger partial charge in [-0.2, -0.15) is 0 Å². The average Bonchev–Trinajstić information content (AvgIpc) is 2.86. The summed E-state index contributed by atoms with van der Waals surface area (Å²) in [6.45, 7) is 2.99. The molecule has 0 aliphatic rings. The van der Waals surface area contributed by atoms with E-state index in [4.69, 9.17) is 4.74 Å². The molecule has 2 aromatic carbocycles. The van der Waals surface area contributed by atoms with Crippen LogP contribution >= 0.6 is 0 Å². The first kappa shape index (κ1) is 26.3. The van der Waals surface area contributed by atoms with Crippen molar-refractivity contribution in [3.05, 3.63) is 52.7 Å². The number of pyridine rings is 1. The van der Waals surface area contributed by atoms with Gasteiger partial charge in [-0.25, -0.2) is 0 Å². The van der Waals surface area contributed by atoms with Gasteiger partial charge < -0.3 is 9.72 Å². The number of ether oxygens (including phenoxy) is 1. The smallest absolute Gasteiger partial charge is 0.197 e. The molecule has 0 aliphatic carbocycles. The molecule has 34 heavy (non-hydrogen) atoms. The van der Waals surface area contributed by atoms with E-state index in [1.807, 2.05) is 42.5 Å². The molecule has 0 radical (unpaired) electrons. The molecule has 3 aromatic rings. The fourth-order valence-corrected chi connectivity index (χ4v) is 4.87. The molecule has 0 saturated carbocycles. The maximum atomic E-state index is 12.8. The number of hydrogen-bond donors (Lipinski definition) is 1. The van der Waals surface area contributed by atoms with Crippen molar-refractivity contribution in [3.63, 3.8) is 0 Å². The predicted molar refractivity (Wildman–Crippen MR) is 147 cm³/mol. The van der Waals surface area contributed by atoms with Crippen LogP contribution in [-0.4, -0.2) is 11.6 Å². The van der Waals surface area contributed by atoms with Crippen molar-refractivity contribution in [1.82, 2.24) is 4.98 Å². The van der Waals surface area contributed by atoms with E-state index < -0.39 is 0 Å². The zero-order valence-electron chi connectivity index (χ0n) is 21.4. The van der Waals surface area contributed by atoms with E-state index in [2.05, 4.69) is 11.9 Å². The molecule has 186 valence electrons. The first-order valence-electron chi connectivity index (χ1n) is 14.0. The van der Waals surface area contributed by atoms with Crippen molar-refractivity contribution in [1.29, 1.82) is 0 Å². The van der Waals surface area contributed by atoms with Crippen molar-refractivity contribution >= 4 is 21.8 Å². The molecule has 0 bridgehead atoms. The second kappa shape index (κ2) is 15.6. The summed E-state index contributed by atoms with van der Waals surface area (Å²) in [6, 6.07) is 13.4. The van der Waals surface area contributed by atoms with E-state index in [9.17, 15) is 4.79 Å². The lowest BCUT2D eigenvalue weighted by Gasteiger charge is -2.10. The molecule has 0 spiro atoms. The van der Waals surface area contributed by atoms with E-state index in [1.54, 1.807) is 0 Å². The number of aromatic nitrogens is 1. The van der Waals surface area contributed by atoms with E-state index in [0.29, 0.717) is 12.0 Å². The van der Waals surface area contributed by atoms with Gasteiger partial charge in [-0.05, 0) is 30.7 Å². The SMILES string of the molecule is CCCCCCCCCCCCCCCCCCOc1cccc2c(=O)c3ccccc3[nH]c12. The van der Waals surface area contributed by atoms with Crippen molar-refractivity contribution in [2.75, 3.05) is 6.61 Å². The highest BCUT2D eigenvalue weighted by Gasteiger charge is 2.09. The number of benzene rings is 2. The number of H-pyrrole nitrogens is 1. The van der Waals surface area contributed by atoms with Crippen molar-refractivity contribution in [2.24, 2.45) is 0 Å². The fraction of sp³-hybridized carbons (Fsp3) is 0.581. The van der Waals surface area contributed by atoms with Crippen LogP contribution in [0.5, 0.6) is 5.75 Å². The molecule has 0 amide bonds. The number of unbranched alkanes of at least 4 members (excludes halogenated alkanes) is 15. The monoisotopic (exact) mass is 463 g/mol. The summed E-state index contributed by atoms with van der Waals surface area (Å²) in [5.74, 6) is 0.779. The molecule has 3 heteroatoms. The van der Waals surface area contributed by atoms with Gasteiger partial charge in [0.1, 0.15) is 5.75 Å². The Hall–Kier alpha value is -2.29. The Morgan fingerprint density at radius 1 is 0.618 bits per heavy atom. The minimum atomic E-state index is 0.0669. The Bertz CT molecular complexity index is 1020. The normalized spacial score (nSPS) is 11.4. The quantitative estimate of drug-likeness (QED) is 0.151. The standard InChI is InChI=1S/C31H45NO2/c1-2-3-4-5-6-7-8-9-10-11-12-13-14-15-16-19-25-34-29-24-20-22-27-30(29)32-28-23-18-17-21-26(28)31(27)33/h17-18,20-24H,2-16,19,25H2,1H3,(H,32,33). The van der Waals surface area contributed by atoms with Crippen molar-refractivity contribution in [2.45, 2.75) is 110 Å². The maximum absolute atomic E-state index is 12.8. The van der Waals surface area contributed by atoms with Gasteiger partial charge in [0.25, 0.3) is 0 Å². The van der Waals surface area contributed by atoms with Gasteiger partial charge in [0.05, 0.1) is 12.1 Å². The predicted octanol–water partition coefficient (Wildman–Crippen LogP) is 9.32. The summed E-state index contributed by atoms with van der Waals surface area (Å²) in [6.07, 6.45) is 21.9. The molecule has 0 fully saturated rings. The van der Waals surface area contributed by atoms with Crippen LogP contribution in [0, 0.1) is 0 Å². The van der Waals surface area contributed by atoms with Crippen LogP contribution in [0.3, 0.4) is 0 Å². The summed E-state index contributed by atoms with van der Waals surface area (Å²) < 4.78 is 6.07. The summed E-state index contributed by atoms with van der Waals surface area (Å²) >= 11 is 0. The molecule has 1 heterocycles. The maximum Gasteiger partial charge on any atom is 0.197 e. The lowest BCUT2D eigenvalue weighted by molar-refractivity contribution is 0.307. The van der Waals surface area contributed by atoms with Gasteiger partial charge in [0.2, 0.25) is 0 Å². The van der Waals surface area contributed by atoms with E-state index in [1.165, 1.54) is 96.3 Å². The molecule has 0 saturated heterocycles. The molecule has 1 aromatic heterocycles. The highest BCUT2D eigenvalue weighted by molar-refractivity contribution is 5.95. The Kier molecular flexibility index (Phi) is 12.1. The highest BCUT2D eigenvalue weighted by atomic mass is 16.5. The topological polar surface area (TPSA) is 42.1 Å². The van der Waals surface area contributed by atoms with Crippen LogP contribution in [0.25, 0.3) is 21.8 Å². The minimum Gasteiger partial charge on any atom is -0.491 e. The minimum absolute atomic E-state index is 0.0669. The van der Waals surface area contributed by atoms with Crippen molar-refractivity contribution in [3.8, 4) is 5.75 Å². The lowest BCUT2D eigenvalue weighted by Crippen LogP contribution is -2.06. The van der Waals surface area contributed by atoms with Gasteiger partial charge in [-0.15, -0.1) is 0 Å². The Balaban J connectivity index is 1.23. The second-order valence-corrected chi connectivity index (χ2v) is 9.83. The second-order valence-electron chi connectivity index (χ2n) is 9.83. The number of hydrogen-bond acceptors (Lipinski definition) is 2. The third-order valence-corrected chi connectivity index (χ3v) is 6.96. The summed E-state index contributed by atoms with van der Waals surface area (Å²) in [7, 11) is 0. The van der Waals surface area contributed by atoms with Gasteiger partial charge in [0.15, 0.2) is 5.43 Å². The zero-order valence-corrected chi connectivity index (χ0v) is 21.4. The van der Waals surface area contributed by atoms with Crippen LogP contribution in [0.4, 0.5) is 0 Å². The van der Waals surface area contributed by atoms with Gasteiger partial charge in [0, 0.05) is 16.3 Å². The van der Waals surface area contributed by atoms with Crippen molar-refractivity contribution < 1.29 is 4.74 Å². The summed E-state index contributed by atoms with van der Waals surface area (Å²) in [5, 5.41) is 1.42. The third-order valence-electron chi connectivity index (χ3n) is 6.96. The Morgan fingerprint density at radius 2 is 1.15 bits per heavy atom. The fourth-order valence-electron chi connectivity index (χ4n) is 4.87. The first-order valence-corrected chi connectivity index (χ1v) is 14.0. The Labute approximate surface area is 206 Å². The average molecular weight is 464 g/mol. The molecule has 3 rings (SSSR count). The number of nitrogens with one attached hydrogen (secondary N) is 1. The first-order chi connectivity index (χ1) is 16.8. The van der Waals surface area contributed by atoms with Gasteiger partial charge >= 0.3 is 0 Å². The molecule has 1 N–H and O–H groups in total. The molecular formula is C31H45NO2. The zero-order chi connectivity index (χ0) is 23.8. The highest BCUT2D eigenvalue weighted by Crippen LogP contribution is 2.24. The molecule has 3 nitrogen and oxygen atoms in total. The van der Waals surface area contributed by atoms with Crippen LogP contribution in [0.15, 0.2) is 47.3 Å². The number of aromatic amines is 1. The molecular weight excluding hydrogens is 418 g/mol. The molecule has 0 aliphatic heterocycles. The van der Waals surface area contributed by atoms with E-state index in [0.717, 1.165) is 28.6 Å². The number of para-hydroxylation sites is 2. The number of fused-ring (bicyclic) bond motifs is 2.